The van der Waals surface area contributed by atoms with Crippen molar-refractivity contribution in [3.8, 4) is 0 Å². The molecule has 0 spiro atoms. The van der Waals surface area contributed by atoms with E-state index in [1.165, 1.54) is 13.8 Å². The molecule has 0 aliphatic heterocycles. The highest BCUT2D eigenvalue weighted by Crippen LogP contribution is 2.17. The molecule has 0 unspecified atom stereocenters. The van der Waals surface area contributed by atoms with E-state index in [4.69, 9.17) is 0 Å². The van der Waals surface area contributed by atoms with Gasteiger partial charge in [0.2, 0.25) is 5.95 Å². The first kappa shape index (κ1) is 10.7. The van der Waals surface area contributed by atoms with E-state index in [2.05, 4.69) is 4.98 Å². The van der Waals surface area contributed by atoms with Gasteiger partial charge < -0.3 is 0 Å². The van der Waals surface area contributed by atoms with E-state index >= 15 is 0 Å². The summed E-state index contributed by atoms with van der Waals surface area (Å²) in [6, 6.07) is 0. The van der Waals surface area contributed by atoms with E-state index in [0.29, 0.717) is 6.20 Å². The van der Waals surface area contributed by atoms with Crippen LogP contribution in [0.5, 0.6) is 0 Å². The Bertz CT molecular complexity index is 377. The highest BCUT2D eigenvalue weighted by Gasteiger charge is 2.23. The zero-order chi connectivity index (χ0) is 10.9. The first-order valence-corrected chi connectivity index (χ1v) is 3.98. The molecule has 14 heavy (non-hydrogen) atoms. The summed E-state index contributed by atoms with van der Waals surface area (Å²) in [4.78, 5) is 14.1. The lowest BCUT2D eigenvalue weighted by atomic mass is 10.0. The second-order valence-electron chi connectivity index (χ2n) is 3.10. The Kier molecular flexibility index (Phi) is 2.88. The first-order chi connectivity index (χ1) is 6.45. The zero-order valence-electron chi connectivity index (χ0n) is 7.64. The van der Waals surface area contributed by atoms with Crippen molar-refractivity contribution in [1.29, 1.82) is 0 Å². The third-order valence-corrected chi connectivity index (χ3v) is 1.70. The van der Waals surface area contributed by atoms with Crippen molar-refractivity contribution in [2.45, 2.75) is 13.8 Å². The zero-order valence-corrected chi connectivity index (χ0v) is 7.64. The van der Waals surface area contributed by atoms with Gasteiger partial charge in [0.1, 0.15) is 0 Å². The normalized spacial score (nSPS) is 10.7. The number of hydrogen-bond donors (Lipinski definition) is 0. The molecule has 0 amide bonds. The average molecular weight is 203 g/mol. The number of ketones is 1. The predicted molar refractivity (Wildman–Crippen MR) is 43.3 cm³/mol. The van der Waals surface area contributed by atoms with Crippen LogP contribution in [0.25, 0.3) is 0 Å². The Morgan fingerprint density at radius 3 is 2.43 bits per heavy atom. The maximum Gasteiger partial charge on any atom is 0.249 e. The second-order valence-corrected chi connectivity index (χ2v) is 3.10. The van der Waals surface area contributed by atoms with Gasteiger partial charge in [-0.1, -0.05) is 13.8 Å². The molecule has 1 rings (SSSR count). The minimum atomic E-state index is -1.52. The summed E-state index contributed by atoms with van der Waals surface area (Å²) in [5, 5.41) is 0. The molecule has 0 aliphatic rings. The lowest BCUT2D eigenvalue weighted by Gasteiger charge is -2.06. The molecule has 1 heterocycles. The standard InChI is InChI=1S/C9H8F3NO/c1-4(2)8(14)6-5(10)3-13-9(12)7(6)11/h3-4H,1-2H3. The van der Waals surface area contributed by atoms with Crippen LogP contribution in [-0.2, 0) is 0 Å². The quantitative estimate of drug-likeness (QED) is 0.545. The molecule has 0 atom stereocenters. The van der Waals surface area contributed by atoms with Crippen LogP contribution in [0.1, 0.15) is 24.2 Å². The molecule has 5 heteroatoms. The number of rotatable bonds is 2. The fraction of sp³-hybridized carbons (Fsp3) is 0.333. The van der Waals surface area contributed by atoms with Gasteiger partial charge in [0.25, 0.3) is 0 Å². The van der Waals surface area contributed by atoms with E-state index in [9.17, 15) is 18.0 Å². The summed E-state index contributed by atoms with van der Waals surface area (Å²) in [5.74, 6) is -5.50. The van der Waals surface area contributed by atoms with Crippen LogP contribution in [0, 0.1) is 23.5 Å². The smallest absolute Gasteiger partial charge is 0.249 e. The number of Topliss-reactive ketones (excluding diaryl/α,β-unsaturated/α-hetero) is 1. The molecule has 0 aliphatic carbocycles. The number of halogens is 3. The topological polar surface area (TPSA) is 30.0 Å². The van der Waals surface area contributed by atoms with Crippen molar-refractivity contribution >= 4 is 5.78 Å². The summed E-state index contributed by atoms with van der Waals surface area (Å²) >= 11 is 0. The first-order valence-electron chi connectivity index (χ1n) is 3.98. The monoisotopic (exact) mass is 203 g/mol. The Morgan fingerprint density at radius 2 is 1.93 bits per heavy atom. The molecule has 0 aromatic carbocycles. The molecule has 2 nitrogen and oxygen atoms in total. The Balaban J connectivity index is 3.33. The van der Waals surface area contributed by atoms with E-state index in [1.807, 2.05) is 0 Å². The van der Waals surface area contributed by atoms with Gasteiger partial charge in [-0.25, -0.2) is 13.8 Å². The summed E-state index contributed by atoms with van der Waals surface area (Å²) in [6.07, 6.45) is 0.494. The van der Waals surface area contributed by atoms with Crippen LogP contribution in [-0.4, -0.2) is 10.8 Å². The maximum absolute atomic E-state index is 13.0. The van der Waals surface area contributed by atoms with Crippen molar-refractivity contribution < 1.29 is 18.0 Å². The number of pyridine rings is 1. The summed E-state index contributed by atoms with van der Waals surface area (Å²) < 4.78 is 38.5. The second kappa shape index (κ2) is 3.77. The van der Waals surface area contributed by atoms with E-state index in [1.54, 1.807) is 0 Å². The van der Waals surface area contributed by atoms with Gasteiger partial charge in [0.15, 0.2) is 17.4 Å². The van der Waals surface area contributed by atoms with Gasteiger partial charge >= 0.3 is 0 Å². The van der Waals surface area contributed by atoms with Crippen LogP contribution in [0.2, 0.25) is 0 Å². The van der Waals surface area contributed by atoms with Gasteiger partial charge in [-0.2, -0.15) is 4.39 Å². The van der Waals surface area contributed by atoms with Crippen molar-refractivity contribution in [1.82, 2.24) is 4.98 Å². The molecule has 0 N–H and O–H groups in total. The maximum atomic E-state index is 13.0. The van der Waals surface area contributed by atoms with Crippen LogP contribution >= 0.6 is 0 Å². The fourth-order valence-electron chi connectivity index (χ4n) is 0.957. The third-order valence-electron chi connectivity index (χ3n) is 1.70. The Labute approximate surface area is 78.8 Å². The molecule has 0 radical (unpaired) electrons. The average Bonchev–Trinajstić information content (AvgIpc) is 2.12. The van der Waals surface area contributed by atoms with Crippen molar-refractivity contribution in [2.24, 2.45) is 5.92 Å². The number of carbonyl (C=O) groups excluding carboxylic acids is 1. The van der Waals surface area contributed by atoms with E-state index in [-0.39, 0.29) is 0 Å². The Hall–Kier alpha value is -1.39. The fourth-order valence-corrected chi connectivity index (χ4v) is 0.957. The third kappa shape index (κ3) is 1.76. The van der Waals surface area contributed by atoms with Crippen molar-refractivity contribution in [2.75, 3.05) is 0 Å². The molecule has 0 fully saturated rings. The minimum absolute atomic E-state index is 0.494. The summed E-state index contributed by atoms with van der Waals surface area (Å²) in [5.41, 5.74) is -0.854. The largest absolute Gasteiger partial charge is 0.294 e. The van der Waals surface area contributed by atoms with Gasteiger partial charge in [0.05, 0.1) is 11.8 Å². The highest BCUT2D eigenvalue weighted by molar-refractivity contribution is 5.97. The molecule has 76 valence electrons. The molecular weight excluding hydrogens is 195 g/mol. The molecule has 0 bridgehead atoms. The molecule has 0 saturated heterocycles. The number of aromatic nitrogens is 1. The van der Waals surface area contributed by atoms with Gasteiger partial charge in [-0.3, -0.25) is 4.79 Å². The molecule has 0 saturated carbocycles. The van der Waals surface area contributed by atoms with Crippen LogP contribution in [0.15, 0.2) is 6.20 Å². The lowest BCUT2D eigenvalue weighted by Crippen LogP contribution is -2.14. The summed E-state index contributed by atoms with van der Waals surface area (Å²) in [6.45, 7) is 2.94. The SMILES string of the molecule is CC(C)C(=O)c1c(F)cnc(F)c1F. The number of hydrogen-bond acceptors (Lipinski definition) is 2. The van der Waals surface area contributed by atoms with Crippen LogP contribution in [0.4, 0.5) is 13.2 Å². The van der Waals surface area contributed by atoms with Crippen LogP contribution < -0.4 is 0 Å². The number of carbonyl (C=O) groups is 1. The van der Waals surface area contributed by atoms with E-state index < -0.39 is 34.8 Å². The van der Waals surface area contributed by atoms with E-state index in [0.717, 1.165) is 0 Å². The van der Waals surface area contributed by atoms with Crippen LogP contribution in [0.3, 0.4) is 0 Å². The molecule has 1 aromatic rings. The van der Waals surface area contributed by atoms with Crippen molar-refractivity contribution in [3.05, 3.63) is 29.3 Å². The van der Waals surface area contributed by atoms with Gasteiger partial charge in [-0.05, 0) is 0 Å². The predicted octanol–water partition coefficient (Wildman–Crippen LogP) is 2.34. The lowest BCUT2D eigenvalue weighted by molar-refractivity contribution is 0.0929. The highest BCUT2D eigenvalue weighted by atomic mass is 19.2. The molecular formula is C9H8F3NO. The Morgan fingerprint density at radius 1 is 1.36 bits per heavy atom. The van der Waals surface area contributed by atoms with Crippen molar-refractivity contribution in [3.63, 3.8) is 0 Å². The van der Waals surface area contributed by atoms with Gasteiger partial charge in [0, 0.05) is 5.92 Å². The minimum Gasteiger partial charge on any atom is -0.294 e. The van der Waals surface area contributed by atoms with Gasteiger partial charge in [-0.15, -0.1) is 0 Å². The summed E-state index contributed by atoms with van der Waals surface area (Å²) in [7, 11) is 0. The molecule has 1 aromatic heterocycles. The number of nitrogens with zero attached hydrogens (tertiary/aromatic N) is 1.